The third-order valence-corrected chi connectivity index (χ3v) is 2.95. The van der Waals surface area contributed by atoms with Crippen LogP contribution in [0.3, 0.4) is 0 Å². The van der Waals surface area contributed by atoms with E-state index in [0.29, 0.717) is 12.2 Å². The quantitative estimate of drug-likeness (QED) is 0.478. The van der Waals surface area contributed by atoms with Crippen molar-refractivity contribution in [1.82, 2.24) is 0 Å². The van der Waals surface area contributed by atoms with Crippen molar-refractivity contribution in [2.75, 3.05) is 5.75 Å². The molecule has 0 amide bonds. The van der Waals surface area contributed by atoms with Gasteiger partial charge in [0.1, 0.15) is 5.82 Å². The Balaban J connectivity index is 2.74. The highest BCUT2D eigenvalue weighted by atomic mass is 32.2. The van der Waals surface area contributed by atoms with Gasteiger partial charge in [-0.1, -0.05) is 29.7 Å². The molecule has 0 radical (unpaired) electrons. The number of halogens is 1. The molecule has 0 saturated heterocycles. The molecule has 0 aliphatic heterocycles. The van der Waals surface area contributed by atoms with Gasteiger partial charge in [-0.15, -0.1) is 0 Å². The molecule has 94 valence electrons. The monoisotopic (exact) mass is 264 g/mol. The van der Waals surface area contributed by atoms with Crippen LogP contribution in [0, 0.1) is 17.7 Å². The third-order valence-electron chi connectivity index (χ3n) is 2.13. The lowest BCUT2D eigenvalue weighted by atomic mass is 10.1. The van der Waals surface area contributed by atoms with E-state index in [9.17, 15) is 14.0 Å². The number of hydrogen-bond donors (Lipinski definition) is 0. The molecule has 0 spiro atoms. The van der Waals surface area contributed by atoms with Crippen LogP contribution in [-0.4, -0.2) is 16.7 Å². The summed E-state index contributed by atoms with van der Waals surface area (Å²) < 4.78 is 13.8. The van der Waals surface area contributed by atoms with Crippen LogP contribution in [-0.2, 0) is 4.79 Å². The molecule has 1 aromatic carbocycles. The Morgan fingerprint density at radius 1 is 1.33 bits per heavy atom. The molecule has 0 heterocycles. The van der Waals surface area contributed by atoms with E-state index in [1.54, 1.807) is 6.07 Å². The maximum atomic E-state index is 13.8. The molecule has 0 saturated carbocycles. The Morgan fingerprint density at radius 3 is 2.67 bits per heavy atom. The first-order valence-electron chi connectivity index (χ1n) is 5.44. The van der Waals surface area contributed by atoms with Crippen LogP contribution in [0.4, 0.5) is 4.39 Å². The summed E-state index contributed by atoms with van der Waals surface area (Å²) in [4.78, 5) is 21.8. The average molecular weight is 264 g/mol. The molecular weight excluding hydrogens is 251 g/mol. The molecule has 0 atom stereocenters. The van der Waals surface area contributed by atoms with Gasteiger partial charge in [-0.05, 0) is 19.1 Å². The van der Waals surface area contributed by atoms with Gasteiger partial charge < -0.3 is 0 Å². The molecule has 0 unspecified atom stereocenters. The van der Waals surface area contributed by atoms with Crippen LogP contribution in [0.5, 0.6) is 0 Å². The van der Waals surface area contributed by atoms with Gasteiger partial charge in [0.25, 0.3) is 0 Å². The number of thioether (sulfide) groups is 1. The lowest BCUT2D eigenvalue weighted by Gasteiger charge is -1.99. The first-order valence-corrected chi connectivity index (χ1v) is 6.42. The van der Waals surface area contributed by atoms with Crippen molar-refractivity contribution in [2.45, 2.75) is 20.3 Å². The number of rotatable bonds is 3. The maximum absolute atomic E-state index is 13.8. The first-order chi connectivity index (χ1) is 8.52. The Kier molecular flexibility index (Phi) is 5.60. The molecule has 2 nitrogen and oxygen atoms in total. The van der Waals surface area contributed by atoms with Crippen molar-refractivity contribution in [1.29, 1.82) is 0 Å². The fraction of sp³-hybridized carbons (Fsp3) is 0.286. The molecule has 0 fully saturated rings. The SMILES string of the molecule is CC(=O)SCCC#Cc1cccc(C(C)=O)c1F. The van der Waals surface area contributed by atoms with Gasteiger partial charge in [-0.25, -0.2) is 4.39 Å². The van der Waals surface area contributed by atoms with E-state index in [2.05, 4.69) is 11.8 Å². The minimum Gasteiger partial charge on any atom is -0.294 e. The highest BCUT2D eigenvalue weighted by molar-refractivity contribution is 8.13. The lowest BCUT2D eigenvalue weighted by Crippen LogP contribution is -1.98. The van der Waals surface area contributed by atoms with Gasteiger partial charge in [0.15, 0.2) is 10.9 Å². The molecule has 18 heavy (non-hydrogen) atoms. The van der Waals surface area contributed by atoms with E-state index in [1.807, 2.05) is 0 Å². The second kappa shape index (κ2) is 6.97. The standard InChI is InChI=1S/C14H13FO2S/c1-10(16)13-8-5-7-12(14(13)15)6-3-4-9-18-11(2)17/h5,7-8H,4,9H2,1-2H3. The number of ketones is 1. The summed E-state index contributed by atoms with van der Waals surface area (Å²) in [5, 5.41) is 0.0431. The van der Waals surface area contributed by atoms with Crippen molar-refractivity contribution in [3.8, 4) is 11.8 Å². The smallest absolute Gasteiger partial charge is 0.185 e. The summed E-state index contributed by atoms with van der Waals surface area (Å²) >= 11 is 1.19. The van der Waals surface area contributed by atoms with Crippen molar-refractivity contribution in [3.05, 3.63) is 35.1 Å². The number of carbonyl (C=O) groups excluding carboxylic acids is 2. The van der Waals surface area contributed by atoms with Gasteiger partial charge in [-0.2, -0.15) is 0 Å². The zero-order valence-corrected chi connectivity index (χ0v) is 11.1. The largest absolute Gasteiger partial charge is 0.294 e. The predicted molar refractivity (Wildman–Crippen MR) is 71.0 cm³/mol. The summed E-state index contributed by atoms with van der Waals surface area (Å²) in [6.07, 6.45) is 0.508. The average Bonchev–Trinajstić information content (AvgIpc) is 2.30. The molecule has 0 aromatic heterocycles. The van der Waals surface area contributed by atoms with Gasteiger partial charge in [0.2, 0.25) is 0 Å². The molecule has 0 bridgehead atoms. The van der Waals surface area contributed by atoms with E-state index < -0.39 is 5.82 Å². The normalized spacial score (nSPS) is 9.50. The molecule has 0 aliphatic rings. The summed E-state index contributed by atoms with van der Waals surface area (Å²) in [7, 11) is 0. The number of Topliss-reactive ketones (excluding diaryl/α,β-unsaturated/α-hetero) is 1. The van der Waals surface area contributed by atoms with E-state index in [0.717, 1.165) is 0 Å². The van der Waals surface area contributed by atoms with Gasteiger partial charge in [-0.3, -0.25) is 9.59 Å². The zero-order valence-electron chi connectivity index (χ0n) is 10.2. The maximum Gasteiger partial charge on any atom is 0.185 e. The van der Waals surface area contributed by atoms with E-state index in [4.69, 9.17) is 0 Å². The van der Waals surface area contributed by atoms with Crippen LogP contribution in [0.15, 0.2) is 18.2 Å². The van der Waals surface area contributed by atoms with Gasteiger partial charge in [0.05, 0.1) is 11.1 Å². The summed E-state index contributed by atoms with van der Waals surface area (Å²) in [6, 6.07) is 4.58. The fourth-order valence-electron chi connectivity index (χ4n) is 1.30. The Hall–Kier alpha value is -1.60. The molecule has 0 aliphatic carbocycles. The van der Waals surface area contributed by atoms with Crippen LogP contribution in [0.25, 0.3) is 0 Å². The van der Waals surface area contributed by atoms with Gasteiger partial charge >= 0.3 is 0 Å². The Morgan fingerprint density at radius 2 is 2.06 bits per heavy atom. The summed E-state index contributed by atoms with van der Waals surface area (Å²) in [6.45, 7) is 2.81. The zero-order chi connectivity index (χ0) is 13.5. The summed E-state index contributed by atoms with van der Waals surface area (Å²) in [5.41, 5.74) is 0.274. The van der Waals surface area contributed by atoms with Crippen molar-refractivity contribution in [3.63, 3.8) is 0 Å². The minimum absolute atomic E-state index is 0.0431. The lowest BCUT2D eigenvalue weighted by molar-refractivity contribution is -0.109. The van der Waals surface area contributed by atoms with Crippen molar-refractivity contribution in [2.24, 2.45) is 0 Å². The minimum atomic E-state index is -0.572. The van der Waals surface area contributed by atoms with Crippen molar-refractivity contribution >= 4 is 22.7 Å². The van der Waals surface area contributed by atoms with Crippen molar-refractivity contribution < 1.29 is 14.0 Å². The topological polar surface area (TPSA) is 34.1 Å². The van der Waals surface area contributed by atoms with E-state index in [-0.39, 0.29) is 22.0 Å². The van der Waals surface area contributed by atoms with Crippen LogP contribution in [0.1, 0.15) is 36.2 Å². The number of carbonyl (C=O) groups is 2. The molecule has 0 N–H and O–H groups in total. The fourth-order valence-corrected chi connectivity index (χ4v) is 1.80. The van der Waals surface area contributed by atoms with Crippen LogP contribution in [0.2, 0.25) is 0 Å². The second-order valence-electron chi connectivity index (χ2n) is 3.62. The van der Waals surface area contributed by atoms with Crippen LogP contribution >= 0.6 is 11.8 Å². The van der Waals surface area contributed by atoms with Gasteiger partial charge in [0, 0.05) is 19.1 Å². The highest BCUT2D eigenvalue weighted by Gasteiger charge is 2.09. The molecule has 1 rings (SSSR count). The summed E-state index contributed by atoms with van der Waals surface area (Å²) in [5.74, 6) is 5.17. The predicted octanol–water partition coefficient (Wildman–Crippen LogP) is 3.05. The molecule has 1 aromatic rings. The second-order valence-corrected chi connectivity index (χ2v) is 4.89. The Bertz CT molecular complexity index is 526. The van der Waals surface area contributed by atoms with Crippen LogP contribution < -0.4 is 0 Å². The van der Waals surface area contributed by atoms with E-state index >= 15 is 0 Å². The third kappa shape index (κ3) is 4.34. The number of benzene rings is 1. The Labute approximate surface area is 110 Å². The highest BCUT2D eigenvalue weighted by Crippen LogP contribution is 2.12. The first kappa shape index (κ1) is 14.5. The van der Waals surface area contributed by atoms with E-state index in [1.165, 1.54) is 37.7 Å². The number of hydrogen-bond acceptors (Lipinski definition) is 3. The molecular formula is C14H13FO2S. The molecule has 4 heteroatoms.